The molecule has 0 aliphatic rings. The number of hydrogen-bond donors (Lipinski definition) is 0. The maximum atomic E-state index is 12.6. The van der Waals surface area contributed by atoms with Crippen molar-refractivity contribution in [3.05, 3.63) is 27.1 Å². The van der Waals surface area contributed by atoms with E-state index in [2.05, 4.69) is 9.72 Å². The predicted octanol–water partition coefficient (Wildman–Crippen LogP) is 1.33. The molecule has 2 rings (SSSR count). The zero-order valence-corrected chi connectivity index (χ0v) is 14.4. The number of nitrogens with zero attached hydrogens (tertiary/aromatic N) is 3. The topological polar surface area (TPSA) is 81.5 Å². The van der Waals surface area contributed by atoms with Gasteiger partial charge in [-0.05, 0) is 18.9 Å². The van der Waals surface area contributed by atoms with E-state index in [4.69, 9.17) is 0 Å². The quantitative estimate of drug-likeness (QED) is 0.769. The van der Waals surface area contributed by atoms with Crippen molar-refractivity contribution in [1.29, 1.82) is 0 Å². The Hall–Kier alpha value is -2.22. The van der Waals surface area contributed by atoms with Gasteiger partial charge in [0.05, 0.1) is 23.7 Å². The fraction of sp³-hybridized carbons (Fsp3) is 0.467. The number of ether oxygens (including phenoxy) is 1. The van der Waals surface area contributed by atoms with E-state index >= 15 is 0 Å². The van der Waals surface area contributed by atoms with Crippen molar-refractivity contribution in [2.45, 2.75) is 19.8 Å². The molecule has 0 fully saturated rings. The summed E-state index contributed by atoms with van der Waals surface area (Å²) in [7, 11) is 4.65. The van der Waals surface area contributed by atoms with Crippen molar-refractivity contribution in [3.8, 4) is 0 Å². The van der Waals surface area contributed by atoms with Gasteiger partial charge in [-0.15, -0.1) is 11.3 Å². The molecule has 0 unspecified atom stereocenters. The minimum Gasteiger partial charge on any atom is -0.469 e. The standard InChI is InChI=1S/C15H19N3O4S/c1-9-11-13(16-8-18(3)14(11)20)23-12(9)15(21)17(2)7-5-6-10(19)22-4/h8H,5-7H2,1-4H3. The molecule has 0 bridgehead atoms. The Labute approximate surface area is 137 Å². The Balaban J connectivity index is 2.21. The second-order valence-corrected chi connectivity index (χ2v) is 6.30. The van der Waals surface area contributed by atoms with Gasteiger partial charge in [0.1, 0.15) is 4.83 Å². The molecule has 0 saturated carbocycles. The first-order valence-electron chi connectivity index (χ1n) is 7.13. The van der Waals surface area contributed by atoms with Gasteiger partial charge in [-0.1, -0.05) is 0 Å². The van der Waals surface area contributed by atoms with Gasteiger partial charge in [-0.2, -0.15) is 0 Å². The van der Waals surface area contributed by atoms with Crippen LogP contribution in [0.4, 0.5) is 0 Å². The molecular weight excluding hydrogens is 318 g/mol. The van der Waals surface area contributed by atoms with E-state index in [9.17, 15) is 14.4 Å². The molecular formula is C15H19N3O4S. The van der Waals surface area contributed by atoms with E-state index in [-0.39, 0.29) is 23.9 Å². The molecule has 0 spiro atoms. The largest absolute Gasteiger partial charge is 0.469 e. The molecule has 2 heterocycles. The Morgan fingerprint density at radius 2 is 2.13 bits per heavy atom. The van der Waals surface area contributed by atoms with Gasteiger partial charge in [-0.3, -0.25) is 14.4 Å². The highest BCUT2D eigenvalue weighted by atomic mass is 32.1. The van der Waals surface area contributed by atoms with Gasteiger partial charge < -0.3 is 14.2 Å². The highest BCUT2D eigenvalue weighted by Gasteiger charge is 2.21. The van der Waals surface area contributed by atoms with Crippen LogP contribution in [0.25, 0.3) is 10.2 Å². The average molecular weight is 337 g/mol. The van der Waals surface area contributed by atoms with Crippen molar-refractivity contribution in [2.24, 2.45) is 7.05 Å². The van der Waals surface area contributed by atoms with E-state index in [1.807, 2.05) is 0 Å². The summed E-state index contributed by atoms with van der Waals surface area (Å²) >= 11 is 1.22. The maximum Gasteiger partial charge on any atom is 0.305 e. The van der Waals surface area contributed by atoms with Crippen LogP contribution >= 0.6 is 11.3 Å². The third-order valence-electron chi connectivity index (χ3n) is 3.65. The van der Waals surface area contributed by atoms with E-state index in [1.54, 1.807) is 25.9 Å². The molecule has 124 valence electrons. The molecule has 0 radical (unpaired) electrons. The summed E-state index contributed by atoms with van der Waals surface area (Å²) in [6, 6.07) is 0. The van der Waals surface area contributed by atoms with Crippen LogP contribution < -0.4 is 5.56 Å². The minimum atomic E-state index is -0.295. The average Bonchev–Trinajstić information content (AvgIpc) is 2.87. The van der Waals surface area contributed by atoms with Crippen LogP contribution in [-0.4, -0.2) is 47.0 Å². The van der Waals surface area contributed by atoms with Gasteiger partial charge in [0.25, 0.3) is 11.5 Å². The third-order valence-corrected chi connectivity index (χ3v) is 4.84. The molecule has 0 atom stereocenters. The van der Waals surface area contributed by atoms with Gasteiger partial charge in [0.2, 0.25) is 0 Å². The summed E-state index contributed by atoms with van der Waals surface area (Å²) in [4.78, 5) is 42.7. The Morgan fingerprint density at radius 1 is 1.43 bits per heavy atom. The van der Waals surface area contributed by atoms with Gasteiger partial charge in [0.15, 0.2) is 0 Å². The lowest BCUT2D eigenvalue weighted by Crippen LogP contribution is -2.28. The molecule has 0 N–H and O–H groups in total. The monoisotopic (exact) mass is 337 g/mol. The van der Waals surface area contributed by atoms with Crippen molar-refractivity contribution in [2.75, 3.05) is 20.7 Å². The number of methoxy groups -OCH3 is 1. The molecule has 23 heavy (non-hydrogen) atoms. The molecule has 2 aromatic heterocycles. The summed E-state index contributed by atoms with van der Waals surface area (Å²) < 4.78 is 5.97. The van der Waals surface area contributed by atoms with E-state index < -0.39 is 0 Å². The number of rotatable bonds is 5. The van der Waals surface area contributed by atoms with Crippen molar-refractivity contribution >= 4 is 33.4 Å². The molecule has 0 aromatic carbocycles. The molecule has 0 aliphatic heterocycles. The lowest BCUT2D eigenvalue weighted by atomic mass is 10.2. The molecule has 0 aliphatic carbocycles. The number of carbonyl (C=O) groups is 2. The summed E-state index contributed by atoms with van der Waals surface area (Å²) in [5.74, 6) is -0.464. The minimum absolute atomic E-state index is 0.156. The highest BCUT2D eigenvalue weighted by molar-refractivity contribution is 7.20. The number of thiophene rings is 1. The van der Waals surface area contributed by atoms with E-state index in [0.29, 0.717) is 33.6 Å². The number of hydrogen-bond acceptors (Lipinski definition) is 6. The molecule has 2 aromatic rings. The second-order valence-electron chi connectivity index (χ2n) is 5.30. The summed E-state index contributed by atoms with van der Waals surface area (Å²) in [5, 5.41) is 0.492. The number of aryl methyl sites for hydroxylation is 2. The predicted molar refractivity (Wildman–Crippen MR) is 87.8 cm³/mol. The van der Waals surface area contributed by atoms with Crippen molar-refractivity contribution in [3.63, 3.8) is 0 Å². The van der Waals surface area contributed by atoms with Crippen LogP contribution in [0.1, 0.15) is 28.1 Å². The van der Waals surface area contributed by atoms with Crippen LogP contribution in [-0.2, 0) is 16.6 Å². The first-order valence-corrected chi connectivity index (χ1v) is 7.95. The summed E-state index contributed by atoms with van der Waals surface area (Å²) in [6.45, 7) is 2.20. The summed E-state index contributed by atoms with van der Waals surface area (Å²) in [5.41, 5.74) is 0.500. The molecule has 7 nitrogen and oxygen atoms in total. The third kappa shape index (κ3) is 3.42. The Bertz CT molecular complexity index is 809. The SMILES string of the molecule is COC(=O)CCCN(C)C(=O)c1sc2ncn(C)c(=O)c2c1C. The molecule has 8 heteroatoms. The first-order chi connectivity index (χ1) is 10.9. The zero-order valence-electron chi connectivity index (χ0n) is 13.6. The number of amides is 1. The fourth-order valence-corrected chi connectivity index (χ4v) is 3.38. The fourth-order valence-electron chi connectivity index (χ4n) is 2.25. The van der Waals surface area contributed by atoms with Crippen LogP contribution in [0.5, 0.6) is 0 Å². The van der Waals surface area contributed by atoms with Crippen LogP contribution in [0.2, 0.25) is 0 Å². The second kappa shape index (κ2) is 6.91. The zero-order chi connectivity index (χ0) is 17.1. The molecule has 1 amide bonds. The van der Waals surface area contributed by atoms with Crippen LogP contribution in [0, 0.1) is 6.92 Å². The first kappa shape index (κ1) is 17.1. The van der Waals surface area contributed by atoms with E-state index in [1.165, 1.54) is 29.3 Å². The van der Waals surface area contributed by atoms with Gasteiger partial charge in [-0.25, -0.2) is 4.98 Å². The molecule has 0 saturated heterocycles. The summed E-state index contributed by atoms with van der Waals surface area (Å²) in [6.07, 6.45) is 2.25. The van der Waals surface area contributed by atoms with Crippen LogP contribution in [0.3, 0.4) is 0 Å². The Kier molecular flexibility index (Phi) is 5.15. The van der Waals surface area contributed by atoms with Crippen molar-refractivity contribution < 1.29 is 14.3 Å². The maximum absolute atomic E-state index is 12.6. The Morgan fingerprint density at radius 3 is 2.78 bits per heavy atom. The van der Waals surface area contributed by atoms with Crippen molar-refractivity contribution in [1.82, 2.24) is 14.5 Å². The number of fused-ring (bicyclic) bond motifs is 1. The lowest BCUT2D eigenvalue weighted by Gasteiger charge is -2.16. The highest BCUT2D eigenvalue weighted by Crippen LogP contribution is 2.27. The van der Waals surface area contributed by atoms with Gasteiger partial charge in [0, 0.05) is 27.1 Å². The number of carbonyl (C=O) groups excluding carboxylic acids is 2. The number of esters is 1. The van der Waals surface area contributed by atoms with Crippen LogP contribution in [0.15, 0.2) is 11.1 Å². The lowest BCUT2D eigenvalue weighted by molar-refractivity contribution is -0.140. The normalized spacial score (nSPS) is 10.8. The van der Waals surface area contributed by atoms with E-state index in [0.717, 1.165) is 0 Å². The number of aromatic nitrogens is 2. The van der Waals surface area contributed by atoms with Gasteiger partial charge >= 0.3 is 5.97 Å². The smallest absolute Gasteiger partial charge is 0.305 e.